The van der Waals surface area contributed by atoms with Gasteiger partial charge in [-0.25, -0.2) is 0 Å². The summed E-state index contributed by atoms with van der Waals surface area (Å²) in [4.78, 5) is 11.8. The number of hydrogen-bond donors (Lipinski definition) is 1. The van der Waals surface area contributed by atoms with Crippen LogP contribution in [-0.4, -0.2) is 11.4 Å². The molecular formula is C15H25NO2. The lowest BCUT2D eigenvalue weighted by Gasteiger charge is -2.17. The van der Waals surface area contributed by atoms with Gasteiger partial charge < -0.3 is 10.8 Å². The molecule has 1 rings (SSSR count). The Morgan fingerprint density at radius 3 is 2.17 bits per heavy atom. The molecule has 0 aliphatic heterocycles. The minimum Gasteiger partial charge on any atom is -0.412 e. The van der Waals surface area contributed by atoms with E-state index < -0.39 is 0 Å². The third kappa shape index (κ3) is 5.32. The molecule has 1 aromatic rings. The van der Waals surface area contributed by atoms with Gasteiger partial charge in [0.1, 0.15) is 0 Å². The topological polar surface area (TPSA) is 60.6 Å². The lowest BCUT2D eigenvalue weighted by molar-refractivity contribution is -0.123. The quantitative estimate of drug-likeness (QED) is 0.877. The average Bonchev–Trinajstić information content (AvgIpc) is 2.27. The van der Waals surface area contributed by atoms with Gasteiger partial charge in [0.15, 0.2) is 0 Å². The van der Waals surface area contributed by atoms with Crippen LogP contribution < -0.4 is 5.32 Å². The maximum absolute atomic E-state index is 11.8. The zero-order valence-corrected chi connectivity index (χ0v) is 11.8. The largest absolute Gasteiger partial charge is 0.412 e. The van der Waals surface area contributed by atoms with Crippen LogP contribution in [0.5, 0.6) is 0 Å². The highest BCUT2D eigenvalue weighted by molar-refractivity contribution is 5.94. The predicted molar refractivity (Wildman–Crippen MR) is 76.8 cm³/mol. The van der Waals surface area contributed by atoms with Gasteiger partial charge >= 0.3 is 0 Å². The molecule has 0 heterocycles. The standard InChI is InChI=1S/C15H23NO.H2O/c1-5-6-7-12-8-10-13(11-9-12)16-14(17)15(2,3)4;/h8-11H,5-7H2,1-4H3,(H,16,17);1H2. The van der Waals surface area contributed by atoms with E-state index in [1.807, 2.05) is 32.9 Å². The summed E-state index contributed by atoms with van der Waals surface area (Å²) in [5, 5.41) is 2.93. The van der Waals surface area contributed by atoms with E-state index in [4.69, 9.17) is 0 Å². The molecule has 18 heavy (non-hydrogen) atoms. The normalized spacial score (nSPS) is 10.7. The van der Waals surface area contributed by atoms with Crippen molar-refractivity contribution in [3.05, 3.63) is 29.8 Å². The Labute approximate surface area is 110 Å². The second kappa shape index (κ2) is 7.17. The molecule has 0 fully saturated rings. The fourth-order valence-corrected chi connectivity index (χ4v) is 1.45. The van der Waals surface area contributed by atoms with Crippen molar-refractivity contribution < 1.29 is 10.3 Å². The zero-order chi connectivity index (χ0) is 12.9. The highest BCUT2D eigenvalue weighted by Crippen LogP contribution is 2.18. The van der Waals surface area contributed by atoms with Gasteiger partial charge in [0.2, 0.25) is 5.91 Å². The predicted octanol–water partition coefficient (Wildman–Crippen LogP) is 3.19. The number of amides is 1. The molecule has 0 aromatic heterocycles. The monoisotopic (exact) mass is 251 g/mol. The molecule has 1 amide bonds. The van der Waals surface area contributed by atoms with Crippen LogP contribution in [-0.2, 0) is 11.2 Å². The van der Waals surface area contributed by atoms with Gasteiger partial charge in [-0.2, -0.15) is 0 Å². The Morgan fingerprint density at radius 1 is 1.17 bits per heavy atom. The first-order valence-corrected chi connectivity index (χ1v) is 6.34. The van der Waals surface area contributed by atoms with E-state index in [2.05, 4.69) is 24.4 Å². The van der Waals surface area contributed by atoms with E-state index in [-0.39, 0.29) is 16.8 Å². The molecule has 3 N–H and O–H groups in total. The minimum absolute atomic E-state index is 0. The van der Waals surface area contributed by atoms with Crippen LogP contribution >= 0.6 is 0 Å². The van der Waals surface area contributed by atoms with Gasteiger partial charge in [-0.1, -0.05) is 46.2 Å². The Morgan fingerprint density at radius 2 is 1.72 bits per heavy atom. The first-order valence-electron chi connectivity index (χ1n) is 6.34. The highest BCUT2D eigenvalue weighted by atomic mass is 16.2. The van der Waals surface area contributed by atoms with Gasteiger partial charge in [-0.3, -0.25) is 4.79 Å². The molecule has 0 spiro atoms. The van der Waals surface area contributed by atoms with Gasteiger partial charge in [-0.05, 0) is 30.5 Å². The van der Waals surface area contributed by atoms with Crippen molar-refractivity contribution in [2.24, 2.45) is 5.41 Å². The number of anilines is 1. The number of rotatable bonds is 4. The number of carbonyl (C=O) groups is 1. The maximum atomic E-state index is 11.8. The SMILES string of the molecule is CCCCc1ccc(NC(=O)C(C)(C)C)cc1.O. The van der Waals surface area contributed by atoms with E-state index >= 15 is 0 Å². The molecule has 0 radical (unpaired) electrons. The van der Waals surface area contributed by atoms with Crippen LogP contribution in [0.15, 0.2) is 24.3 Å². The van der Waals surface area contributed by atoms with E-state index in [1.165, 1.54) is 18.4 Å². The van der Waals surface area contributed by atoms with Gasteiger partial charge in [0.05, 0.1) is 0 Å². The van der Waals surface area contributed by atoms with Gasteiger partial charge in [-0.15, -0.1) is 0 Å². The van der Waals surface area contributed by atoms with E-state index in [9.17, 15) is 4.79 Å². The van der Waals surface area contributed by atoms with Gasteiger partial charge in [0.25, 0.3) is 0 Å². The molecule has 0 atom stereocenters. The maximum Gasteiger partial charge on any atom is 0.229 e. The Kier molecular flexibility index (Phi) is 6.63. The van der Waals surface area contributed by atoms with Crippen LogP contribution in [0.4, 0.5) is 5.69 Å². The summed E-state index contributed by atoms with van der Waals surface area (Å²) >= 11 is 0. The lowest BCUT2D eigenvalue weighted by atomic mass is 9.95. The first kappa shape index (κ1) is 16.6. The summed E-state index contributed by atoms with van der Waals surface area (Å²) in [7, 11) is 0. The van der Waals surface area contributed by atoms with Crippen LogP contribution in [0.25, 0.3) is 0 Å². The summed E-state index contributed by atoms with van der Waals surface area (Å²) in [6.45, 7) is 7.94. The fourth-order valence-electron chi connectivity index (χ4n) is 1.45. The van der Waals surface area contributed by atoms with Crippen molar-refractivity contribution in [1.29, 1.82) is 0 Å². The average molecular weight is 251 g/mol. The van der Waals surface area contributed by atoms with E-state index in [0.29, 0.717) is 0 Å². The molecule has 0 bridgehead atoms. The smallest absolute Gasteiger partial charge is 0.229 e. The summed E-state index contributed by atoms with van der Waals surface area (Å²) in [6, 6.07) is 8.14. The van der Waals surface area contributed by atoms with Crippen LogP contribution in [0.2, 0.25) is 0 Å². The number of aryl methyl sites for hydroxylation is 1. The minimum atomic E-state index is -0.346. The fraction of sp³-hybridized carbons (Fsp3) is 0.533. The van der Waals surface area contributed by atoms with Crippen molar-refractivity contribution in [3.63, 3.8) is 0 Å². The highest BCUT2D eigenvalue weighted by Gasteiger charge is 2.20. The number of benzene rings is 1. The molecule has 1 aromatic carbocycles. The summed E-state index contributed by atoms with van der Waals surface area (Å²) in [5.41, 5.74) is 1.87. The number of hydrogen-bond acceptors (Lipinski definition) is 1. The Hall–Kier alpha value is -1.35. The Bertz CT molecular complexity index is 363. The molecule has 0 saturated carbocycles. The van der Waals surface area contributed by atoms with Gasteiger partial charge in [0, 0.05) is 11.1 Å². The lowest BCUT2D eigenvalue weighted by Crippen LogP contribution is -2.27. The van der Waals surface area contributed by atoms with Crippen LogP contribution in [0.3, 0.4) is 0 Å². The summed E-state index contributed by atoms with van der Waals surface area (Å²) in [6.07, 6.45) is 3.54. The van der Waals surface area contributed by atoms with E-state index in [1.54, 1.807) is 0 Å². The van der Waals surface area contributed by atoms with Crippen molar-refractivity contribution >= 4 is 11.6 Å². The molecule has 0 aliphatic carbocycles. The number of nitrogens with one attached hydrogen (secondary N) is 1. The molecule has 0 aliphatic rings. The summed E-state index contributed by atoms with van der Waals surface area (Å²) in [5.74, 6) is 0.0545. The molecule has 0 unspecified atom stereocenters. The van der Waals surface area contributed by atoms with Crippen LogP contribution in [0.1, 0.15) is 46.1 Å². The zero-order valence-electron chi connectivity index (χ0n) is 11.8. The second-order valence-electron chi connectivity index (χ2n) is 5.50. The van der Waals surface area contributed by atoms with Crippen molar-refractivity contribution in [3.8, 4) is 0 Å². The van der Waals surface area contributed by atoms with E-state index in [0.717, 1.165) is 12.1 Å². The molecule has 102 valence electrons. The van der Waals surface area contributed by atoms with Crippen LogP contribution in [0, 0.1) is 5.41 Å². The molecule has 3 nitrogen and oxygen atoms in total. The number of unbranched alkanes of at least 4 members (excludes halogenated alkanes) is 1. The third-order valence-electron chi connectivity index (χ3n) is 2.71. The summed E-state index contributed by atoms with van der Waals surface area (Å²) < 4.78 is 0. The second-order valence-corrected chi connectivity index (χ2v) is 5.50. The molecule has 3 heteroatoms. The number of carbonyl (C=O) groups excluding carboxylic acids is 1. The molecular weight excluding hydrogens is 226 g/mol. The Balaban J connectivity index is 0.00000289. The van der Waals surface area contributed by atoms with Crippen molar-refractivity contribution in [1.82, 2.24) is 0 Å². The first-order chi connectivity index (χ1) is 7.93. The van der Waals surface area contributed by atoms with Crippen molar-refractivity contribution in [2.45, 2.75) is 47.0 Å². The third-order valence-corrected chi connectivity index (χ3v) is 2.71. The molecule has 0 saturated heterocycles. The van der Waals surface area contributed by atoms with Crippen molar-refractivity contribution in [2.75, 3.05) is 5.32 Å².